The Morgan fingerprint density at radius 2 is 2.12 bits per heavy atom. The molecule has 0 aliphatic heterocycles. The lowest BCUT2D eigenvalue weighted by molar-refractivity contribution is 0.0933. The average molecular weight is 363 g/mol. The van der Waals surface area contributed by atoms with Gasteiger partial charge >= 0.3 is 0 Å². The number of thiophene rings is 1. The highest BCUT2D eigenvalue weighted by Gasteiger charge is 2.19. The number of imidazole rings is 1. The lowest BCUT2D eigenvalue weighted by Crippen LogP contribution is -2.29. The lowest BCUT2D eigenvalue weighted by Gasteiger charge is -2.19. The minimum absolute atomic E-state index is 0.0680. The summed E-state index contributed by atoms with van der Waals surface area (Å²) in [6.07, 6.45) is -1.84. The summed E-state index contributed by atoms with van der Waals surface area (Å²) in [6, 6.07) is 8.64. The van der Waals surface area contributed by atoms with Crippen molar-refractivity contribution < 1.29 is 13.6 Å². The molecule has 3 rings (SSSR count). The zero-order chi connectivity index (χ0) is 18.0. The third-order valence-corrected chi connectivity index (χ3v) is 4.85. The van der Waals surface area contributed by atoms with Crippen LogP contribution in [-0.4, -0.2) is 15.9 Å². The molecule has 3 aromatic rings. The van der Waals surface area contributed by atoms with Crippen LogP contribution >= 0.6 is 11.3 Å². The molecule has 132 valence electrons. The molecule has 4 nitrogen and oxygen atoms in total. The predicted octanol–water partition coefficient (Wildman–Crippen LogP) is 5.08. The molecule has 1 atom stereocenters. The molecule has 0 bridgehead atoms. The predicted molar refractivity (Wildman–Crippen MR) is 95.0 cm³/mol. The van der Waals surface area contributed by atoms with E-state index in [0.717, 1.165) is 11.3 Å². The minimum Gasteiger partial charge on any atom is -0.344 e. The van der Waals surface area contributed by atoms with Crippen molar-refractivity contribution in [2.24, 2.45) is 5.92 Å². The molecule has 1 aromatic carbocycles. The van der Waals surface area contributed by atoms with Crippen molar-refractivity contribution in [3.63, 3.8) is 0 Å². The van der Waals surface area contributed by atoms with Gasteiger partial charge in [0.25, 0.3) is 12.3 Å². The minimum atomic E-state index is -2.67. The number of amides is 1. The summed E-state index contributed by atoms with van der Waals surface area (Å²) in [5.74, 6) is -0.186. The van der Waals surface area contributed by atoms with Crippen LogP contribution in [0.15, 0.2) is 35.7 Å². The van der Waals surface area contributed by atoms with Crippen LogP contribution in [0.2, 0.25) is 0 Å². The van der Waals surface area contributed by atoms with Gasteiger partial charge in [0.2, 0.25) is 0 Å². The Balaban J connectivity index is 1.82. The summed E-state index contributed by atoms with van der Waals surface area (Å²) < 4.78 is 25.5. The van der Waals surface area contributed by atoms with E-state index in [2.05, 4.69) is 29.1 Å². The summed E-state index contributed by atoms with van der Waals surface area (Å²) in [4.78, 5) is 20.1. The Bertz CT molecular complexity index is 858. The fraction of sp³-hybridized carbons (Fsp3) is 0.333. The van der Waals surface area contributed by atoms with E-state index >= 15 is 0 Å². The lowest BCUT2D eigenvalue weighted by atomic mass is 10.0. The number of fused-ring (bicyclic) bond motifs is 1. The highest BCUT2D eigenvalue weighted by molar-refractivity contribution is 7.10. The molecule has 0 aliphatic rings. The number of H-pyrrole nitrogens is 1. The fourth-order valence-electron chi connectivity index (χ4n) is 2.72. The summed E-state index contributed by atoms with van der Waals surface area (Å²) in [7, 11) is 0. The molecular weight excluding hydrogens is 344 g/mol. The van der Waals surface area contributed by atoms with Crippen LogP contribution in [0.4, 0.5) is 8.78 Å². The van der Waals surface area contributed by atoms with Gasteiger partial charge in [0.05, 0.1) is 17.1 Å². The summed E-state index contributed by atoms with van der Waals surface area (Å²) in [5.41, 5.74) is 1.27. The summed E-state index contributed by atoms with van der Waals surface area (Å²) >= 11 is 1.61. The highest BCUT2D eigenvalue weighted by atomic mass is 32.1. The van der Waals surface area contributed by atoms with Gasteiger partial charge < -0.3 is 10.3 Å². The Morgan fingerprint density at radius 1 is 1.32 bits per heavy atom. The van der Waals surface area contributed by atoms with Gasteiger partial charge in [0.15, 0.2) is 5.82 Å². The second-order valence-electron chi connectivity index (χ2n) is 6.33. The molecule has 2 N–H and O–H groups in total. The van der Waals surface area contributed by atoms with Crippen molar-refractivity contribution in [1.29, 1.82) is 0 Å². The van der Waals surface area contributed by atoms with E-state index in [1.54, 1.807) is 29.5 Å². The van der Waals surface area contributed by atoms with Crippen molar-refractivity contribution in [2.75, 3.05) is 0 Å². The second kappa shape index (κ2) is 7.31. The van der Waals surface area contributed by atoms with Crippen LogP contribution in [0, 0.1) is 5.92 Å². The SMILES string of the molecule is CC(C)CC(NC(=O)c1ccc2nc(C(F)F)[nH]c2c1)c1cccs1. The second-order valence-corrected chi connectivity index (χ2v) is 7.30. The molecule has 0 saturated heterocycles. The number of benzene rings is 1. The van der Waals surface area contributed by atoms with Crippen LogP contribution in [-0.2, 0) is 0 Å². The molecule has 0 saturated carbocycles. The molecule has 7 heteroatoms. The number of alkyl halides is 2. The van der Waals surface area contributed by atoms with E-state index in [9.17, 15) is 13.6 Å². The maximum absolute atomic E-state index is 12.7. The van der Waals surface area contributed by atoms with Gasteiger partial charge in [0, 0.05) is 10.4 Å². The molecule has 2 aromatic heterocycles. The number of aromatic nitrogens is 2. The van der Waals surface area contributed by atoms with Gasteiger partial charge in [-0.1, -0.05) is 19.9 Å². The molecule has 25 heavy (non-hydrogen) atoms. The normalized spacial score (nSPS) is 12.9. The van der Waals surface area contributed by atoms with Crippen LogP contribution in [0.5, 0.6) is 0 Å². The van der Waals surface area contributed by atoms with Crippen LogP contribution in [0.3, 0.4) is 0 Å². The third-order valence-electron chi connectivity index (χ3n) is 3.87. The standard InChI is InChI=1S/C18H19F2N3OS/c1-10(2)8-14(15-4-3-7-25-15)23-18(24)11-5-6-12-13(9-11)22-17(21-12)16(19)20/h3-7,9-10,14,16H,8H2,1-2H3,(H,21,22)(H,23,24). The number of aromatic amines is 1. The van der Waals surface area contributed by atoms with Crippen molar-refractivity contribution >= 4 is 28.3 Å². The quantitative estimate of drug-likeness (QED) is 0.642. The van der Waals surface area contributed by atoms with Gasteiger partial charge in [-0.15, -0.1) is 11.3 Å². The molecule has 2 heterocycles. The highest BCUT2D eigenvalue weighted by Crippen LogP contribution is 2.26. The van der Waals surface area contributed by atoms with Crippen molar-refractivity contribution in [3.05, 3.63) is 52.0 Å². The Hall–Kier alpha value is -2.28. The van der Waals surface area contributed by atoms with Crippen LogP contribution < -0.4 is 5.32 Å². The smallest absolute Gasteiger partial charge is 0.295 e. The first-order valence-corrected chi connectivity index (χ1v) is 8.94. The molecule has 0 fully saturated rings. The van der Waals surface area contributed by atoms with Crippen LogP contribution in [0.25, 0.3) is 11.0 Å². The summed E-state index contributed by atoms with van der Waals surface area (Å²) in [6.45, 7) is 4.21. The van der Waals surface area contributed by atoms with Gasteiger partial charge in [-0.05, 0) is 42.0 Å². The zero-order valence-corrected chi connectivity index (χ0v) is 14.7. The monoisotopic (exact) mass is 363 g/mol. The maximum atomic E-state index is 12.7. The van der Waals surface area contributed by atoms with Crippen molar-refractivity contribution in [1.82, 2.24) is 15.3 Å². The van der Waals surface area contributed by atoms with Gasteiger partial charge in [-0.3, -0.25) is 4.79 Å². The van der Waals surface area contributed by atoms with Crippen molar-refractivity contribution in [2.45, 2.75) is 32.7 Å². The third kappa shape index (κ3) is 4.04. The Labute approximate surface area is 148 Å². The van der Waals surface area contributed by atoms with Crippen LogP contribution in [0.1, 0.15) is 53.8 Å². The van der Waals surface area contributed by atoms with Gasteiger partial charge in [-0.2, -0.15) is 0 Å². The fourth-order valence-corrected chi connectivity index (χ4v) is 3.51. The first-order valence-electron chi connectivity index (χ1n) is 8.06. The maximum Gasteiger partial charge on any atom is 0.295 e. The van der Waals surface area contributed by atoms with E-state index in [1.165, 1.54) is 0 Å². The average Bonchev–Trinajstić information content (AvgIpc) is 3.22. The first-order chi connectivity index (χ1) is 11.9. The van der Waals surface area contributed by atoms with E-state index in [-0.39, 0.29) is 17.8 Å². The van der Waals surface area contributed by atoms with Crippen molar-refractivity contribution in [3.8, 4) is 0 Å². The first kappa shape index (κ1) is 17.5. The summed E-state index contributed by atoms with van der Waals surface area (Å²) in [5, 5.41) is 5.03. The molecule has 0 spiro atoms. The number of hydrogen-bond acceptors (Lipinski definition) is 3. The van der Waals surface area contributed by atoms with Gasteiger partial charge in [-0.25, -0.2) is 13.8 Å². The number of nitrogens with one attached hydrogen (secondary N) is 2. The molecular formula is C18H19F2N3OS. The molecule has 1 unspecified atom stereocenters. The number of halogens is 2. The number of carbonyl (C=O) groups is 1. The number of hydrogen-bond donors (Lipinski definition) is 2. The van der Waals surface area contributed by atoms with E-state index < -0.39 is 6.43 Å². The number of carbonyl (C=O) groups excluding carboxylic acids is 1. The molecule has 0 radical (unpaired) electrons. The Morgan fingerprint density at radius 3 is 2.76 bits per heavy atom. The van der Waals surface area contributed by atoms with E-state index in [1.807, 2.05) is 17.5 Å². The van der Waals surface area contributed by atoms with E-state index in [4.69, 9.17) is 0 Å². The molecule has 1 amide bonds. The number of nitrogens with zero attached hydrogens (tertiary/aromatic N) is 1. The topological polar surface area (TPSA) is 57.8 Å². The number of rotatable bonds is 6. The molecule has 0 aliphatic carbocycles. The largest absolute Gasteiger partial charge is 0.344 e. The van der Waals surface area contributed by atoms with E-state index in [0.29, 0.717) is 22.5 Å². The Kier molecular flexibility index (Phi) is 5.13. The zero-order valence-electron chi connectivity index (χ0n) is 13.9. The van der Waals surface area contributed by atoms with Gasteiger partial charge in [0.1, 0.15) is 0 Å².